The smallest absolute Gasteiger partial charge is 0.317 e. The molecule has 0 bridgehead atoms. The molecule has 4 rings (SSSR count). The van der Waals surface area contributed by atoms with Crippen LogP contribution in [0, 0.1) is 13.8 Å². The van der Waals surface area contributed by atoms with Crippen LogP contribution in [-0.4, -0.2) is 61.6 Å². The lowest BCUT2D eigenvalue weighted by molar-refractivity contribution is 0.179. The third-order valence-electron chi connectivity index (χ3n) is 6.38. The van der Waals surface area contributed by atoms with Gasteiger partial charge in [-0.05, 0) is 69.1 Å². The molecular weight excluding hydrogens is 364 g/mol. The van der Waals surface area contributed by atoms with Gasteiger partial charge in [0.2, 0.25) is 0 Å². The zero-order valence-corrected chi connectivity index (χ0v) is 17.6. The summed E-state index contributed by atoms with van der Waals surface area (Å²) in [5, 5.41) is 3.16. The second-order valence-electron chi connectivity index (χ2n) is 8.15. The lowest BCUT2D eigenvalue weighted by Gasteiger charge is -2.37. The molecule has 2 amide bonds. The summed E-state index contributed by atoms with van der Waals surface area (Å²) in [5.41, 5.74) is 3.93. The summed E-state index contributed by atoms with van der Waals surface area (Å²) in [4.78, 5) is 19.5. The Labute approximate surface area is 173 Å². The van der Waals surface area contributed by atoms with Crippen LogP contribution in [-0.2, 0) is 0 Å². The van der Waals surface area contributed by atoms with E-state index in [1.807, 2.05) is 17.0 Å². The number of piperazine rings is 1. The van der Waals surface area contributed by atoms with Crippen molar-refractivity contribution in [1.82, 2.24) is 15.1 Å². The maximum Gasteiger partial charge on any atom is 0.317 e. The first kappa shape index (κ1) is 19.8. The Morgan fingerprint density at radius 3 is 2.48 bits per heavy atom. The van der Waals surface area contributed by atoms with Crippen molar-refractivity contribution in [2.75, 3.05) is 50.7 Å². The summed E-state index contributed by atoms with van der Waals surface area (Å²) in [7, 11) is 0. The highest BCUT2D eigenvalue weighted by atomic mass is 16.3. The van der Waals surface area contributed by atoms with Crippen molar-refractivity contribution in [3.05, 3.63) is 53.5 Å². The van der Waals surface area contributed by atoms with Crippen molar-refractivity contribution in [3.8, 4) is 0 Å². The number of carbonyl (C=O) groups is 1. The van der Waals surface area contributed by atoms with E-state index in [0.29, 0.717) is 6.54 Å². The van der Waals surface area contributed by atoms with Crippen molar-refractivity contribution in [3.63, 3.8) is 0 Å². The molecular formula is C23H32N4O2. The third kappa shape index (κ3) is 4.42. The molecule has 0 saturated carbocycles. The minimum absolute atomic E-state index is 0.0290. The molecule has 29 heavy (non-hydrogen) atoms. The summed E-state index contributed by atoms with van der Waals surface area (Å²) < 4.78 is 5.66. The van der Waals surface area contributed by atoms with Crippen molar-refractivity contribution in [2.45, 2.75) is 32.7 Å². The van der Waals surface area contributed by atoms with E-state index in [9.17, 15) is 4.79 Å². The largest absolute Gasteiger partial charge is 0.468 e. The van der Waals surface area contributed by atoms with Gasteiger partial charge < -0.3 is 19.5 Å². The Morgan fingerprint density at radius 1 is 1.03 bits per heavy atom. The molecule has 1 N–H and O–H groups in total. The second-order valence-corrected chi connectivity index (χ2v) is 8.15. The molecule has 0 radical (unpaired) electrons. The van der Waals surface area contributed by atoms with Gasteiger partial charge >= 0.3 is 6.03 Å². The maximum atomic E-state index is 12.8. The zero-order valence-electron chi connectivity index (χ0n) is 17.6. The molecule has 0 aliphatic carbocycles. The zero-order chi connectivity index (χ0) is 20.2. The van der Waals surface area contributed by atoms with E-state index in [-0.39, 0.29) is 12.1 Å². The van der Waals surface area contributed by atoms with Gasteiger partial charge in [0.1, 0.15) is 5.76 Å². The van der Waals surface area contributed by atoms with Crippen molar-refractivity contribution in [2.24, 2.45) is 0 Å². The van der Waals surface area contributed by atoms with E-state index in [1.165, 1.54) is 29.7 Å². The number of nitrogens with zero attached hydrogens (tertiary/aromatic N) is 3. The number of hydrogen-bond donors (Lipinski definition) is 1. The Kier molecular flexibility index (Phi) is 6.09. The number of anilines is 1. The van der Waals surface area contributed by atoms with E-state index >= 15 is 0 Å². The molecule has 0 unspecified atom stereocenters. The molecule has 1 atom stereocenters. The van der Waals surface area contributed by atoms with Gasteiger partial charge in [0.05, 0.1) is 12.3 Å². The lowest BCUT2D eigenvalue weighted by atomic mass is 10.1. The number of carbonyl (C=O) groups excluding carboxylic acids is 1. The van der Waals surface area contributed by atoms with E-state index < -0.39 is 0 Å². The van der Waals surface area contributed by atoms with Crippen LogP contribution in [0.1, 0.15) is 35.8 Å². The minimum Gasteiger partial charge on any atom is -0.468 e. The average molecular weight is 397 g/mol. The molecule has 2 aliphatic rings. The number of likely N-dealkylation sites (tertiary alicyclic amines) is 1. The number of nitrogens with one attached hydrogen (secondary N) is 1. The van der Waals surface area contributed by atoms with Crippen LogP contribution in [0.4, 0.5) is 10.5 Å². The van der Waals surface area contributed by atoms with Crippen molar-refractivity contribution < 1.29 is 9.21 Å². The van der Waals surface area contributed by atoms with Crippen LogP contribution in [0.25, 0.3) is 0 Å². The molecule has 1 aromatic heterocycles. The molecule has 156 valence electrons. The summed E-state index contributed by atoms with van der Waals surface area (Å²) in [5.74, 6) is 0.937. The molecule has 2 aliphatic heterocycles. The quantitative estimate of drug-likeness (QED) is 0.840. The number of rotatable bonds is 5. The number of hydrogen-bond acceptors (Lipinski definition) is 4. The van der Waals surface area contributed by atoms with Gasteiger partial charge in [0.15, 0.2) is 0 Å². The second kappa shape index (κ2) is 8.91. The third-order valence-corrected chi connectivity index (χ3v) is 6.38. The fourth-order valence-electron chi connectivity index (χ4n) is 4.47. The average Bonchev–Trinajstić information content (AvgIpc) is 3.45. The highest BCUT2D eigenvalue weighted by Gasteiger charge is 2.28. The van der Waals surface area contributed by atoms with E-state index in [4.69, 9.17) is 4.42 Å². The first-order chi connectivity index (χ1) is 14.1. The Morgan fingerprint density at radius 2 is 1.79 bits per heavy atom. The summed E-state index contributed by atoms with van der Waals surface area (Å²) in [6, 6.07) is 10.5. The standard InChI is InChI=1S/C23H32N4O2/c1-18-7-5-8-20(19(18)2)26-12-14-27(15-13-26)23(28)24-17-21(22-9-6-16-29-22)25-10-3-4-11-25/h5-9,16,21H,3-4,10-15,17H2,1-2H3,(H,24,28)/t21-/m0/s1. The minimum atomic E-state index is 0.0290. The van der Waals surface area contributed by atoms with E-state index in [1.54, 1.807) is 6.26 Å². The van der Waals surface area contributed by atoms with Crippen LogP contribution in [0.15, 0.2) is 41.0 Å². The summed E-state index contributed by atoms with van der Waals surface area (Å²) >= 11 is 0. The predicted molar refractivity (Wildman–Crippen MR) is 115 cm³/mol. The van der Waals surface area contributed by atoms with E-state index in [0.717, 1.165) is 45.0 Å². The Balaban J connectivity index is 1.32. The lowest BCUT2D eigenvalue weighted by Crippen LogP contribution is -2.53. The molecule has 2 fully saturated rings. The normalized spacial score (nSPS) is 18.8. The fourth-order valence-corrected chi connectivity index (χ4v) is 4.47. The van der Waals surface area contributed by atoms with Gasteiger partial charge in [0.25, 0.3) is 0 Å². The molecule has 2 saturated heterocycles. The number of urea groups is 1. The van der Waals surface area contributed by atoms with Crippen LogP contribution in [0.2, 0.25) is 0 Å². The fraction of sp³-hybridized carbons (Fsp3) is 0.522. The van der Waals surface area contributed by atoms with Crippen LogP contribution >= 0.6 is 0 Å². The SMILES string of the molecule is Cc1cccc(N2CCN(C(=O)NC[C@@H](c3ccco3)N3CCCC3)CC2)c1C. The first-order valence-corrected chi connectivity index (χ1v) is 10.7. The number of aryl methyl sites for hydroxylation is 1. The highest BCUT2D eigenvalue weighted by molar-refractivity contribution is 5.74. The highest BCUT2D eigenvalue weighted by Crippen LogP contribution is 2.26. The number of amides is 2. The van der Waals surface area contributed by atoms with Gasteiger partial charge in [-0.3, -0.25) is 4.90 Å². The topological polar surface area (TPSA) is 52.0 Å². The molecule has 1 aromatic carbocycles. The van der Waals surface area contributed by atoms with E-state index in [2.05, 4.69) is 47.2 Å². The molecule has 2 aromatic rings. The van der Waals surface area contributed by atoms with Gasteiger partial charge in [-0.1, -0.05) is 12.1 Å². The van der Waals surface area contributed by atoms with Gasteiger partial charge in [-0.25, -0.2) is 4.79 Å². The molecule has 6 heteroatoms. The summed E-state index contributed by atoms with van der Waals surface area (Å²) in [6.45, 7) is 10.3. The Bertz CT molecular complexity index is 806. The summed E-state index contributed by atoms with van der Waals surface area (Å²) in [6.07, 6.45) is 4.14. The van der Waals surface area contributed by atoms with Crippen LogP contribution < -0.4 is 10.2 Å². The van der Waals surface area contributed by atoms with Crippen molar-refractivity contribution >= 4 is 11.7 Å². The number of furan rings is 1. The molecule has 0 spiro atoms. The molecule has 6 nitrogen and oxygen atoms in total. The predicted octanol–water partition coefficient (Wildman–Crippen LogP) is 3.57. The molecule has 3 heterocycles. The van der Waals surface area contributed by atoms with Crippen LogP contribution in [0.3, 0.4) is 0 Å². The number of benzene rings is 1. The van der Waals surface area contributed by atoms with Crippen molar-refractivity contribution in [1.29, 1.82) is 0 Å². The van der Waals surface area contributed by atoms with Crippen LogP contribution in [0.5, 0.6) is 0 Å². The maximum absolute atomic E-state index is 12.8. The van der Waals surface area contributed by atoms with Gasteiger partial charge in [-0.2, -0.15) is 0 Å². The first-order valence-electron chi connectivity index (χ1n) is 10.7. The Hall–Kier alpha value is -2.47. The van der Waals surface area contributed by atoms with Gasteiger partial charge in [-0.15, -0.1) is 0 Å². The monoisotopic (exact) mass is 396 g/mol. The van der Waals surface area contributed by atoms with Gasteiger partial charge in [0, 0.05) is 38.4 Å².